The minimum Gasteiger partial charge on any atom is -0.394 e. The first-order valence-electron chi connectivity index (χ1n) is 17.3. The van der Waals surface area contributed by atoms with Gasteiger partial charge in [-0.2, -0.15) is 0 Å². The standard InChI is InChI=1S/2C9H9FO2.2C7H5FO.C2H6O2.3C2H6.CH3Br.3CH4/c2*10-8-4-2-1-3-7(8)9-11-5-6-12-9;2*8-7-4-2-1-3-6(7)5-9;3-1-2-4;4*1-2;;;/h2*1-4,9H,5-6H2;2*1-5H;3-4H,1-2H2;3*1-2H3;1H3;3*1H4. The van der Waals surface area contributed by atoms with Crippen LogP contribution in [0.4, 0.5) is 17.6 Å². The number of aliphatic hydroxyl groups is 2. The van der Waals surface area contributed by atoms with E-state index in [9.17, 15) is 27.2 Å². The Balaban J connectivity index is -0.000000138. The van der Waals surface area contributed by atoms with E-state index in [1.807, 2.05) is 47.4 Å². The van der Waals surface area contributed by atoms with Gasteiger partial charge in [-0.15, -0.1) is 0 Å². The molecular formula is C44H67BrF4O8. The third kappa shape index (κ3) is 29.1. The van der Waals surface area contributed by atoms with E-state index < -0.39 is 24.2 Å². The van der Waals surface area contributed by atoms with Gasteiger partial charge < -0.3 is 29.2 Å². The average Bonchev–Trinajstić information content (AvgIpc) is 3.99. The highest BCUT2D eigenvalue weighted by Crippen LogP contribution is 2.25. The number of rotatable bonds is 5. The van der Waals surface area contributed by atoms with Gasteiger partial charge in [0.05, 0.1) is 50.8 Å². The van der Waals surface area contributed by atoms with E-state index in [2.05, 4.69) is 15.9 Å². The van der Waals surface area contributed by atoms with Crippen molar-refractivity contribution in [2.45, 2.75) is 76.4 Å². The lowest BCUT2D eigenvalue weighted by Gasteiger charge is -2.09. The molecule has 2 N–H and O–H groups in total. The molecule has 0 aliphatic carbocycles. The largest absolute Gasteiger partial charge is 0.394 e. The molecule has 2 aliphatic heterocycles. The molecule has 4 aromatic carbocycles. The van der Waals surface area contributed by atoms with Crippen molar-refractivity contribution in [1.82, 2.24) is 0 Å². The smallest absolute Gasteiger partial charge is 0.186 e. The summed E-state index contributed by atoms with van der Waals surface area (Å²) < 4.78 is 71.5. The van der Waals surface area contributed by atoms with Crippen molar-refractivity contribution in [3.05, 3.63) is 143 Å². The quantitative estimate of drug-likeness (QED) is 0.116. The molecule has 4 aromatic rings. The van der Waals surface area contributed by atoms with Gasteiger partial charge in [-0.05, 0) is 42.2 Å². The number of aliphatic hydroxyl groups excluding tert-OH is 2. The summed E-state index contributed by atoms with van der Waals surface area (Å²) in [5.41, 5.74) is 1.18. The van der Waals surface area contributed by atoms with Crippen molar-refractivity contribution in [1.29, 1.82) is 0 Å². The Labute approximate surface area is 348 Å². The lowest BCUT2D eigenvalue weighted by atomic mass is 10.2. The number of aldehydes is 2. The fourth-order valence-corrected chi connectivity index (χ4v) is 3.55. The SMILES string of the molecule is C.C.C.CBr.CC.CC.CC.Fc1ccccc1C1OCCO1.Fc1ccccc1C1OCCO1.O=Cc1ccccc1F.O=Cc1ccccc1F.OCCO. The van der Waals surface area contributed by atoms with Crippen molar-refractivity contribution in [2.24, 2.45) is 0 Å². The third-order valence-corrected chi connectivity index (χ3v) is 5.73. The number of carbonyl (C=O) groups is 2. The van der Waals surface area contributed by atoms with Gasteiger partial charge in [0, 0.05) is 11.1 Å². The molecule has 8 nitrogen and oxygen atoms in total. The summed E-state index contributed by atoms with van der Waals surface area (Å²) in [6.45, 7) is 13.9. The molecule has 2 aliphatic rings. The van der Waals surface area contributed by atoms with E-state index in [0.29, 0.717) is 50.1 Å². The Kier molecular flexibility index (Phi) is 53.1. The number of ether oxygens (including phenoxy) is 4. The van der Waals surface area contributed by atoms with Gasteiger partial charge in [-0.25, -0.2) is 17.6 Å². The molecule has 0 saturated carbocycles. The summed E-state index contributed by atoms with van der Waals surface area (Å²) in [5, 5.41) is 15.2. The Bertz CT molecular complexity index is 1350. The Hall–Kier alpha value is -3.82. The number of benzene rings is 4. The molecule has 2 saturated heterocycles. The first-order chi connectivity index (χ1) is 26.4. The topological polar surface area (TPSA) is 112 Å². The molecule has 0 aromatic heterocycles. The highest BCUT2D eigenvalue weighted by atomic mass is 79.9. The van der Waals surface area contributed by atoms with Crippen LogP contribution in [0, 0.1) is 23.3 Å². The van der Waals surface area contributed by atoms with E-state index >= 15 is 0 Å². The number of alkyl halides is 1. The van der Waals surface area contributed by atoms with Gasteiger partial charge in [-0.3, -0.25) is 9.59 Å². The molecular weight excluding hydrogens is 812 g/mol. The van der Waals surface area contributed by atoms with Gasteiger partial charge in [-0.1, -0.05) is 140 Å². The zero-order chi connectivity index (χ0) is 41.6. The van der Waals surface area contributed by atoms with Gasteiger partial charge in [0.25, 0.3) is 0 Å². The molecule has 0 spiro atoms. The molecule has 0 amide bonds. The van der Waals surface area contributed by atoms with Crippen LogP contribution >= 0.6 is 15.9 Å². The summed E-state index contributed by atoms with van der Waals surface area (Å²) in [5.74, 6) is 0.335. The van der Waals surface area contributed by atoms with Crippen molar-refractivity contribution in [3.63, 3.8) is 0 Å². The Morgan fingerprint density at radius 1 is 0.491 bits per heavy atom. The van der Waals surface area contributed by atoms with Crippen molar-refractivity contribution < 1.29 is 56.3 Å². The molecule has 0 unspecified atom stereocenters. The first kappa shape index (κ1) is 65.0. The van der Waals surface area contributed by atoms with Crippen molar-refractivity contribution in [2.75, 3.05) is 45.5 Å². The molecule has 2 heterocycles. The number of hydrogen-bond acceptors (Lipinski definition) is 8. The predicted octanol–water partition coefficient (Wildman–Crippen LogP) is 12.0. The third-order valence-electron chi connectivity index (χ3n) is 5.73. The minimum absolute atomic E-state index is 0. The lowest BCUT2D eigenvalue weighted by Crippen LogP contribution is -2.00. The van der Waals surface area contributed by atoms with E-state index in [-0.39, 0.29) is 58.3 Å². The van der Waals surface area contributed by atoms with Gasteiger partial charge in [0.15, 0.2) is 25.2 Å². The summed E-state index contributed by atoms with van der Waals surface area (Å²) >= 11 is 2.94. The van der Waals surface area contributed by atoms with E-state index in [1.165, 1.54) is 36.4 Å². The van der Waals surface area contributed by atoms with Crippen molar-refractivity contribution >= 4 is 28.5 Å². The predicted molar refractivity (Wildman–Crippen MR) is 229 cm³/mol. The van der Waals surface area contributed by atoms with Gasteiger partial charge >= 0.3 is 0 Å². The maximum absolute atomic E-state index is 13.1. The molecule has 2 fully saturated rings. The zero-order valence-corrected chi connectivity index (χ0v) is 33.6. The van der Waals surface area contributed by atoms with Crippen LogP contribution in [0.2, 0.25) is 0 Å². The minimum atomic E-state index is -0.508. The molecule has 0 radical (unpaired) electrons. The van der Waals surface area contributed by atoms with Crippen LogP contribution in [-0.2, 0) is 18.9 Å². The van der Waals surface area contributed by atoms with Crippen LogP contribution < -0.4 is 0 Å². The second kappa shape index (κ2) is 46.6. The van der Waals surface area contributed by atoms with E-state index in [0.717, 1.165) is 0 Å². The van der Waals surface area contributed by atoms with Crippen LogP contribution in [0.25, 0.3) is 0 Å². The maximum Gasteiger partial charge on any atom is 0.186 e. The van der Waals surface area contributed by atoms with Crippen LogP contribution in [0.5, 0.6) is 0 Å². The fraction of sp³-hybridized carbons (Fsp3) is 0.409. The highest BCUT2D eigenvalue weighted by Gasteiger charge is 2.21. The molecule has 13 heteroatoms. The number of hydrogen-bond donors (Lipinski definition) is 2. The van der Waals surface area contributed by atoms with E-state index in [1.54, 1.807) is 60.7 Å². The van der Waals surface area contributed by atoms with Crippen LogP contribution in [0.15, 0.2) is 97.1 Å². The number of halogens is 5. The molecule has 326 valence electrons. The Morgan fingerprint density at radius 2 is 0.719 bits per heavy atom. The average molecular weight is 880 g/mol. The highest BCUT2D eigenvalue weighted by molar-refractivity contribution is 9.08. The Morgan fingerprint density at radius 3 is 0.912 bits per heavy atom. The van der Waals surface area contributed by atoms with Crippen molar-refractivity contribution in [3.8, 4) is 0 Å². The van der Waals surface area contributed by atoms with Crippen LogP contribution in [0.1, 0.15) is 108 Å². The fourth-order valence-electron chi connectivity index (χ4n) is 3.55. The maximum atomic E-state index is 13.1. The zero-order valence-electron chi connectivity index (χ0n) is 32.0. The van der Waals surface area contributed by atoms with Gasteiger partial charge in [0.2, 0.25) is 0 Å². The molecule has 57 heavy (non-hydrogen) atoms. The lowest BCUT2D eigenvalue weighted by molar-refractivity contribution is -0.0467. The number of carbonyl (C=O) groups excluding carboxylic acids is 2. The molecule has 0 atom stereocenters. The normalized spacial score (nSPS) is 11.5. The second-order valence-electron chi connectivity index (χ2n) is 8.92. The summed E-state index contributed by atoms with van der Waals surface area (Å²) in [6, 6.07) is 24.7. The second-order valence-corrected chi connectivity index (χ2v) is 8.92. The first-order valence-corrected chi connectivity index (χ1v) is 18.9. The monoisotopic (exact) mass is 878 g/mol. The van der Waals surface area contributed by atoms with E-state index in [4.69, 9.17) is 29.2 Å². The summed E-state index contributed by atoms with van der Waals surface area (Å²) in [6.07, 6.45) is -0.0256. The van der Waals surface area contributed by atoms with Crippen LogP contribution in [-0.4, -0.2) is 68.3 Å². The van der Waals surface area contributed by atoms with Gasteiger partial charge in [0.1, 0.15) is 23.3 Å². The molecule has 6 rings (SSSR count). The summed E-state index contributed by atoms with van der Waals surface area (Å²) in [4.78, 5) is 20.0. The molecule has 0 bridgehead atoms. The summed E-state index contributed by atoms with van der Waals surface area (Å²) in [7, 11) is 0. The van der Waals surface area contributed by atoms with Crippen LogP contribution in [0.3, 0.4) is 0 Å².